The fourth-order valence-corrected chi connectivity index (χ4v) is 4.74. The second kappa shape index (κ2) is 9.85. The maximum Gasteiger partial charge on any atom is 0.410 e. The number of hydrogen-bond acceptors (Lipinski definition) is 8. The molecule has 190 valence electrons. The summed E-state index contributed by atoms with van der Waals surface area (Å²) in [5.74, 6) is -1.07. The molecule has 10 heteroatoms. The Morgan fingerprint density at radius 1 is 1.20 bits per heavy atom. The third-order valence-electron chi connectivity index (χ3n) is 6.22. The van der Waals surface area contributed by atoms with Gasteiger partial charge in [-0.05, 0) is 59.6 Å². The molecule has 1 amide bonds. The van der Waals surface area contributed by atoms with Gasteiger partial charge >= 0.3 is 18.1 Å². The van der Waals surface area contributed by atoms with Crippen LogP contribution in [0.1, 0.15) is 57.8 Å². The molecule has 2 saturated heterocycles. The molecule has 0 saturated carbocycles. The zero-order valence-electron chi connectivity index (χ0n) is 21.0. The van der Waals surface area contributed by atoms with Gasteiger partial charge in [-0.15, -0.1) is 0 Å². The van der Waals surface area contributed by atoms with Crippen LogP contribution < -0.4 is 9.64 Å². The van der Waals surface area contributed by atoms with Gasteiger partial charge in [0.05, 0.1) is 29.3 Å². The number of aromatic nitrogens is 2. The van der Waals surface area contributed by atoms with E-state index in [0.717, 1.165) is 25.1 Å². The predicted octanol–water partition coefficient (Wildman–Crippen LogP) is 3.72. The van der Waals surface area contributed by atoms with Crippen molar-refractivity contribution < 1.29 is 28.9 Å². The summed E-state index contributed by atoms with van der Waals surface area (Å²) >= 11 is 0. The average molecular weight is 487 g/mol. The number of aromatic carboxylic acids is 1. The van der Waals surface area contributed by atoms with Crippen LogP contribution in [-0.2, 0) is 9.47 Å². The van der Waals surface area contributed by atoms with Crippen LogP contribution in [0, 0.1) is 0 Å². The summed E-state index contributed by atoms with van der Waals surface area (Å²) in [4.78, 5) is 37.4. The molecule has 1 aromatic carbocycles. The summed E-state index contributed by atoms with van der Waals surface area (Å²) in [6.45, 7) is 11.7. The zero-order chi connectivity index (χ0) is 25.3. The van der Waals surface area contributed by atoms with E-state index >= 15 is 0 Å². The lowest BCUT2D eigenvalue weighted by atomic mass is 10.0. The van der Waals surface area contributed by atoms with Crippen molar-refractivity contribution in [2.24, 2.45) is 0 Å². The first-order valence-electron chi connectivity index (χ1n) is 12.1. The Morgan fingerprint density at radius 3 is 2.51 bits per heavy atom. The first kappa shape index (κ1) is 25.0. The van der Waals surface area contributed by atoms with Crippen molar-refractivity contribution in [2.45, 2.75) is 71.2 Å². The molecule has 3 heterocycles. The molecule has 0 radical (unpaired) electrons. The fourth-order valence-electron chi connectivity index (χ4n) is 4.74. The molecule has 10 nitrogen and oxygen atoms in total. The second-order valence-electron chi connectivity index (χ2n) is 10.3. The highest BCUT2D eigenvalue weighted by Crippen LogP contribution is 2.32. The van der Waals surface area contributed by atoms with Gasteiger partial charge < -0.3 is 24.2 Å². The summed E-state index contributed by atoms with van der Waals surface area (Å²) < 4.78 is 16.9. The number of anilines is 1. The van der Waals surface area contributed by atoms with Crippen LogP contribution in [0.25, 0.3) is 10.9 Å². The SMILES string of the molecule is C[C@H]1CN(c2ccc(C(=O)O)c3nc(OCC4CCCO4)ncc23)C[C@H](C)N1C(=O)OC(C)(C)C. The largest absolute Gasteiger partial charge is 0.478 e. The Bertz CT molecular complexity index is 1080. The molecule has 3 atom stereocenters. The molecular formula is C25H34N4O6. The van der Waals surface area contributed by atoms with Gasteiger partial charge in [-0.3, -0.25) is 4.90 Å². The van der Waals surface area contributed by atoms with Crippen molar-refractivity contribution in [1.82, 2.24) is 14.9 Å². The van der Waals surface area contributed by atoms with Crippen LogP contribution in [0.3, 0.4) is 0 Å². The molecular weight excluding hydrogens is 452 g/mol. The minimum Gasteiger partial charge on any atom is -0.478 e. The first-order chi connectivity index (χ1) is 16.5. The van der Waals surface area contributed by atoms with Crippen molar-refractivity contribution in [3.8, 4) is 6.01 Å². The summed E-state index contributed by atoms with van der Waals surface area (Å²) in [6.07, 6.45) is 3.20. The minimum absolute atomic E-state index is 0.00354. The Balaban J connectivity index is 1.59. The lowest BCUT2D eigenvalue weighted by Crippen LogP contribution is -2.59. The van der Waals surface area contributed by atoms with E-state index in [1.165, 1.54) is 0 Å². The van der Waals surface area contributed by atoms with Crippen LogP contribution >= 0.6 is 0 Å². The van der Waals surface area contributed by atoms with Crippen molar-refractivity contribution >= 4 is 28.7 Å². The van der Waals surface area contributed by atoms with Crippen LogP contribution in [-0.4, -0.2) is 82.1 Å². The number of carbonyl (C=O) groups is 2. The lowest BCUT2D eigenvalue weighted by molar-refractivity contribution is 0.00565. The smallest absolute Gasteiger partial charge is 0.410 e. The highest BCUT2D eigenvalue weighted by Gasteiger charge is 2.36. The van der Waals surface area contributed by atoms with E-state index in [4.69, 9.17) is 14.2 Å². The van der Waals surface area contributed by atoms with Crippen molar-refractivity contribution in [2.75, 3.05) is 31.2 Å². The molecule has 2 aliphatic rings. The first-order valence-corrected chi connectivity index (χ1v) is 12.1. The van der Waals surface area contributed by atoms with Crippen LogP contribution in [0.15, 0.2) is 18.3 Å². The van der Waals surface area contributed by atoms with Gasteiger partial charge in [0, 0.05) is 37.0 Å². The number of benzene rings is 1. The number of fused-ring (bicyclic) bond motifs is 1. The summed E-state index contributed by atoms with van der Waals surface area (Å²) in [5, 5.41) is 10.4. The van der Waals surface area contributed by atoms with E-state index in [1.54, 1.807) is 23.2 Å². The third-order valence-corrected chi connectivity index (χ3v) is 6.22. The highest BCUT2D eigenvalue weighted by molar-refractivity contribution is 6.06. The Hall–Kier alpha value is -3.14. The summed E-state index contributed by atoms with van der Waals surface area (Å²) in [6, 6.07) is 3.25. The highest BCUT2D eigenvalue weighted by atomic mass is 16.6. The van der Waals surface area contributed by atoms with Gasteiger partial charge in [0.15, 0.2) is 0 Å². The average Bonchev–Trinajstić information content (AvgIpc) is 3.28. The third kappa shape index (κ3) is 5.58. The molecule has 2 aromatic rings. The standard InChI is InChI=1S/C25H34N4O6/c1-15-12-28(13-16(2)29(15)24(32)35-25(3,4)5)20-9-8-18(22(30)31)21-19(20)11-26-23(27-21)34-14-17-7-6-10-33-17/h8-9,11,15-17H,6-7,10,12-14H2,1-5H3,(H,30,31)/t15-,16-,17?/m0/s1. The number of piperazine rings is 1. The van der Waals surface area contributed by atoms with Gasteiger partial charge in [-0.1, -0.05) is 0 Å². The summed E-state index contributed by atoms with van der Waals surface area (Å²) in [7, 11) is 0. The van der Waals surface area contributed by atoms with Gasteiger partial charge in [-0.2, -0.15) is 4.98 Å². The van der Waals surface area contributed by atoms with E-state index < -0.39 is 11.6 Å². The maximum atomic E-state index is 12.8. The molecule has 1 unspecified atom stereocenters. The Morgan fingerprint density at radius 2 is 1.91 bits per heavy atom. The Labute approximate surface area is 205 Å². The molecule has 1 aromatic heterocycles. The van der Waals surface area contributed by atoms with E-state index in [0.29, 0.717) is 30.6 Å². The van der Waals surface area contributed by atoms with Crippen LogP contribution in [0.4, 0.5) is 10.5 Å². The van der Waals surface area contributed by atoms with Crippen molar-refractivity contribution in [3.05, 3.63) is 23.9 Å². The number of carboxylic acid groups (broad SMARTS) is 1. The number of carboxylic acids is 1. The fraction of sp³-hybridized carbons (Fsp3) is 0.600. The van der Waals surface area contributed by atoms with Gasteiger partial charge in [0.25, 0.3) is 0 Å². The van der Waals surface area contributed by atoms with E-state index in [-0.39, 0.29) is 35.9 Å². The molecule has 4 rings (SSSR count). The number of rotatable bonds is 5. The van der Waals surface area contributed by atoms with Crippen LogP contribution in [0.2, 0.25) is 0 Å². The molecule has 0 bridgehead atoms. The van der Waals surface area contributed by atoms with Crippen molar-refractivity contribution in [3.63, 3.8) is 0 Å². The predicted molar refractivity (Wildman–Crippen MR) is 130 cm³/mol. The second-order valence-corrected chi connectivity index (χ2v) is 10.3. The molecule has 2 aliphatic heterocycles. The number of carbonyl (C=O) groups excluding carboxylic acids is 1. The van der Waals surface area contributed by atoms with Gasteiger partial charge in [0.1, 0.15) is 12.2 Å². The Kier molecular flexibility index (Phi) is 7.02. The quantitative estimate of drug-likeness (QED) is 0.675. The summed E-state index contributed by atoms with van der Waals surface area (Å²) in [5.41, 5.74) is 0.652. The molecule has 0 aliphatic carbocycles. The maximum absolute atomic E-state index is 12.8. The monoisotopic (exact) mass is 486 g/mol. The van der Waals surface area contributed by atoms with Crippen LogP contribution in [0.5, 0.6) is 6.01 Å². The number of ether oxygens (including phenoxy) is 3. The zero-order valence-corrected chi connectivity index (χ0v) is 21.0. The van der Waals surface area contributed by atoms with Gasteiger partial charge in [-0.25, -0.2) is 14.6 Å². The molecule has 1 N–H and O–H groups in total. The molecule has 2 fully saturated rings. The van der Waals surface area contributed by atoms with Crippen molar-refractivity contribution in [1.29, 1.82) is 0 Å². The minimum atomic E-state index is -1.07. The number of amides is 1. The molecule has 0 spiro atoms. The molecule has 35 heavy (non-hydrogen) atoms. The van der Waals surface area contributed by atoms with E-state index in [2.05, 4.69) is 14.9 Å². The normalized spacial score (nSPS) is 22.9. The van der Waals surface area contributed by atoms with Gasteiger partial charge in [0.2, 0.25) is 0 Å². The van der Waals surface area contributed by atoms with E-state index in [1.807, 2.05) is 34.6 Å². The number of hydrogen-bond donors (Lipinski definition) is 1. The lowest BCUT2D eigenvalue weighted by Gasteiger charge is -2.45. The topological polar surface area (TPSA) is 114 Å². The number of nitrogens with zero attached hydrogens (tertiary/aromatic N) is 4. The van der Waals surface area contributed by atoms with E-state index in [9.17, 15) is 14.7 Å².